The number of carbonyl (C=O) groups is 2. The van der Waals surface area contributed by atoms with E-state index in [1.54, 1.807) is 67.8 Å². The van der Waals surface area contributed by atoms with Crippen molar-refractivity contribution in [2.75, 3.05) is 13.9 Å². The van der Waals surface area contributed by atoms with Crippen LogP contribution in [-0.2, 0) is 0 Å². The van der Waals surface area contributed by atoms with E-state index in [1.807, 2.05) is 0 Å². The fourth-order valence-electron chi connectivity index (χ4n) is 2.86. The van der Waals surface area contributed by atoms with Gasteiger partial charge in [-0.1, -0.05) is 11.6 Å². The van der Waals surface area contributed by atoms with Gasteiger partial charge in [-0.05, 0) is 60.7 Å². The van der Waals surface area contributed by atoms with Crippen molar-refractivity contribution in [2.45, 2.75) is 0 Å². The summed E-state index contributed by atoms with van der Waals surface area (Å²) in [4.78, 5) is 24.8. The number of amides is 1. The molecule has 0 aliphatic carbocycles. The second-order valence-corrected chi connectivity index (χ2v) is 7.00. The zero-order valence-corrected chi connectivity index (χ0v) is 17.6. The molecule has 0 bridgehead atoms. The number of nitrogens with zero attached hydrogens (tertiary/aromatic N) is 1. The number of carbonyl (C=O) groups excluding carboxylic acids is 2. The first-order valence-electron chi connectivity index (χ1n) is 9.42. The molecule has 0 spiro atoms. The van der Waals surface area contributed by atoms with Crippen LogP contribution in [0.5, 0.6) is 23.0 Å². The van der Waals surface area contributed by atoms with Crippen molar-refractivity contribution >= 4 is 29.7 Å². The lowest BCUT2D eigenvalue weighted by atomic mass is 10.2. The summed E-state index contributed by atoms with van der Waals surface area (Å²) in [6, 6.07) is 16.0. The molecular formula is C23H17ClN2O6. The summed E-state index contributed by atoms with van der Waals surface area (Å²) in [5.74, 6) is 0.886. The van der Waals surface area contributed by atoms with E-state index in [-0.39, 0.29) is 12.5 Å². The van der Waals surface area contributed by atoms with Crippen LogP contribution in [-0.4, -0.2) is 32.0 Å². The largest absolute Gasteiger partial charge is 0.497 e. The molecule has 3 aromatic carbocycles. The Balaban J connectivity index is 1.46. The van der Waals surface area contributed by atoms with Gasteiger partial charge in [0.05, 0.1) is 18.9 Å². The second-order valence-electron chi connectivity index (χ2n) is 6.57. The van der Waals surface area contributed by atoms with Gasteiger partial charge in [0.2, 0.25) is 6.79 Å². The SMILES string of the molecule is COc1ccc(C(=O)N/N=C/c2cc(Cl)ccc2OC(=O)c2ccc3c(c2)OCO3)cc1. The molecule has 4 rings (SSSR count). The fourth-order valence-corrected chi connectivity index (χ4v) is 3.04. The third-order valence-electron chi connectivity index (χ3n) is 4.50. The monoisotopic (exact) mass is 452 g/mol. The van der Waals surface area contributed by atoms with Crippen molar-refractivity contribution in [3.8, 4) is 23.0 Å². The number of hydrogen-bond acceptors (Lipinski definition) is 7. The van der Waals surface area contributed by atoms with Crippen molar-refractivity contribution in [3.63, 3.8) is 0 Å². The van der Waals surface area contributed by atoms with Crippen LogP contribution >= 0.6 is 11.6 Å². The number of halogens is 1. The van der Waals surface area contributed by atoms with Gasteiger partial charge in [-0.15, -0.1) is 0 Å². The summed E-state index contributed by atoms with van der Waals surface area (Å²) in [7, 11) is 1.54. The van der Waals surface area contributed by atoms with E-state index >= 15 is 0 Å². The van der Waals surface area contributed by atoms with Crippen molar-refractivity contribution < 1.29 is 28.5 Å². The highest BCUT2D eigenvalue weighted by molar-refractivity contribution is 6.31. The summed E-state index contributed by atoms with van der Waals surface area (Å²) in [5.41, 5.74) is 3.52. The topological polar surface area (TPSA) is 95.5 Å². The molecule has 8 nitrogen and oxygen atoms in total. The summed E-state index contributed by atoms with van der Waals surface area (Å²) in [5, 5.41) is 4.36. The second kappa shape index (κ2) is 9.40. The van der Waals surface area contributed by atoms with Gasteiger partial charge in [0.1, 0.15) is 11.5 Å². The molecule has 0 radical (unpaired) electrons. The number of rotatable bonds is 6. The third kappa shape index (κ3) is 4.81. The predicted molar refractivity (Wildman–Crippen MR) is 117 cm³/mol. The van der Waals surface area contributed by atoms with E-state index in [9.17, 15) is 9.59 Å². The van der Waals surface area contributed by atoms with Crippen LogP contribution < -0.4 is 24.4 Å². The van der Waals surface area contributed by atoms with Crippen LogP contribution in [0.2, 0.25) is 5.02 Å². The lowest BCUT2D eigenvalue weighted by Crippen LogP contribution is -2.17. The number of hydrogen-bond donors (Lipinski definition) is 1. The van der Waals surface area contributed by atoms with Crippen molar-refractivity contribution in [2.24, 2.45) is 5.10 Å². The van der Waals surface area contributed by atoms with Crippen LogP contribution in [0, 0.1) is 0 Å². The molecule has 9 heteroatoms. The minimum atomic E-state index is -0.595. The van der Waals surface area contributed by atoms with Crippen LogP contribution in [0.4, 0.5) is 0 Å². The molecule has 32 heavy (non-hydrogen) atoms. The summed E-state index contributed by atoms with van der Waals surface area (Å²) in [6.45, 7) is 0.105. The smallest absolute Gasteiger partial charge is 0.343 e. The molecule has 1 aliphatic heterocycles. The first-order valence-corrected chi connectivity index (χ1v) is 9.80. The molecule has 0 aromatic heterocycles. The normalized spacial score (nSPS) is 11.9. The van der Waals surface area contributed by atoms with E-state index in [2.05, 4.69) is 10.5 Å². The fraction of sp³-hybridized carbons (Fsp3) is 0.0870. The Hall–Kier alpha value is -4.04. The maximum absolute atomic E-state index is 12.6. The molecule has 0 atom stereocenters. The average molecular weight is 453 g/mol. The standard InChI is InChI=1S/C23H17ClN2O6/c1-29-18-6-2-14(3-7-18)22(27)26-25-12-16-10-17(24)5-9-19(16)32-23(28)15-4-8-20-21(11-15)31-13-30-20/h2-12H,13H2,1H3,(H,26,27)/b25-12+. The number of ether oxygens (including phenoxy) is 4. The molecule has 1 N–H and O–H groups in total. The van der Waals surface area contributed by atoms with Gasteiger partial charge in [-0.25, -0.2) is 10.2 Å². The van der Waals surface area contributed by atoms with Crippen LogP contribution in [0.3, 0.4) is 0 Å². The highest BCUT2D eigenvalue weighted by Gasteiger charge is 2.18. The molecule has 1 aliphatic rings. The zero-order valence-electron chi connectivity index (χ0n) is 16.8. The van der Waals surface area contributed by atoms with Gasteiger partial charge in [-0.2, -0.15) is 5.10 Å². The van der Waals surface area contributed by atoms with E-state index in [4.69, 9.17) is 30.5 Å². The Labute approximate surface area is 188 Å². The number of nitrogens with one attached hydrogen (secondary N) is 1. The number of benzene rings is 3. The number of fused-ring (bicyclic) bond motifs is 1. The number of esters is 1. The molecule has 0 unspecified atom stereocenters. The minimum Gasteiger partial charge on any atom is -0.497 e. The molecule has 0 saturated carbocycles. The Morgan fingerprint density at radius 3 is 2.53 bits per heavy atom. The van der Waals surface area contributed by atoms with Gasteiger partial charge in [0, 0.05) is 16.1 Å². The van der Waals surface area contributed by atoms with Crippen LogP contribution in [0.25, 0.3) is 0 Å². The van der Waals surface area contributed by atoms with Gasteiger partial charge in [0.15, 0.2) is 11.5 Å². The quantitative estimate of drug-likeness (QED) is 0.262. The Kier molecular flexibility index (Phi) is 6.23. The summed E-state index contributed by atoms with van der Waals surface area (Å²) >= 11 is 6.07. The number of hydrazone groups is 1. The van der Waals surface area contributed by atoms with E-state index in [0.717, 1.165) is 0 Å². The van der Waals surface area contributed by atoms with Crippen molar-refractivity contribution in [1.29, 1.82) is 0 Å². The van der Waals surface area contributed by atoms with E-state index in [0.29, 0.717) is 39.0 Å². The molecule has 3 aromatic rings. The Morgan fingerprint density at radius 2 is 1.75 bits per heavy atom. The Bertz CT molecular complexity index is 1190. The van der Waals surface area contributed by atoms with Gasteiger partial charge < -0.3 is 18.9 Å². The molecular weight excluding hydrogens is 436 g/mol. The first kappa shape index (κ1) is 21.2. The van der Waals surface area contributed by atoms with Crippen LogP contribution in [0.15, 0.2) is 65.8 Å². The number of methoxy groups -OCH3 is 1. The first-order chi connectivity index (χ1) is 15.5. The average Bonchev–Trinajstić information content (AvgIpc) is 3.28. The molecule has 162 valence electrons. The highest BCUT2D eigenvalue weighted by Crippen LogP contribution is 2.33. The summed E-state index contributed by atoms with van der Waals surface area (Å²) < 4.78 is 21.1. The zero-order chi connectivity index (χ0) is 22.5. The summed E-state index contributed by atoms with van der Waals surface area (Å²) in [6.07, 6.45) is 1.34. The lowest BCUT2D eigenvalue weighted by Gasteiger charge is -2.08. The van der Waals surface area contributed by atoms with Crippen LogP contribution in [0.1, 0.15) is 26.3 Å². The molecule has 1 heterocycles. The molecule has 0 fully saturated rings. The molecule has 0 saturated heterocycles. The maximum Gasteiger partial charge on any atom is 0.343 e. The van der Waals surface area contributed by atoms with Gasteiger partial charge in [-0.3, -0.25) is 4.79 Å². The molecule has 1 amide bonds. The van der Waals surface area contributed by atoms with E-state index in [1.165, 1.54) is 6.21 Å². The van der Waals surface area contributed by atoms with E-state index < -0.39 is 11.9 Å². The highest BCUT2D eigenvalue weighted by atomic mass is 35.5. The van der Waals surface area contributed by atoms with Crippen molar-refractivity contribution in [3.05, 3.63) is 82.4 Å². The maximum atomic E-state index is 12.6. The van der Waals surface area contributed by atoms with Gasteiger partial charge in [0.25, 0.3) is 5.91 Å². The minimum absolute atomic E-state index is 0.105. The Morgan fingerprint density at radius 1 is 1.00 bits per heavy atom. The van der Waals surface area contributed by atoms with Gasteiger partial charge >= 0.3 is 5.97 Å². The predicted octanol–water partition coefficient (Wildman–Crippen LogP) is 4.06. The van der Waals surface area contributed by atoms with Crippen molar-refractivity contribution in [1.82, 2.24) is 5.43 Å². The lowest BCUT2D eigenvalue weighted by molar-refractivity contribution is 0.0733. The third-order valence-corrected chi connectivity index (χ3v) is 4.74.